The molecule has 1 aliphatic rings. The molecule has 4 nitrogen and oxygen atoms in total. The molecule has 7 heteroatoms. The Bertz CT molecular complexity index is 858. The minimum Gasteiger partial charge on any atom is -0.351 e. The van der Waals surface area contributed by atoms with Crippen LogP contribution in [0.25, 0.3) is 10.2 Å². The van der Waals surface area contributed by atoms with Crippen molar-refractivity contribution < 1.29 is 4.79 Å². The van der Waals surface area contributed by atoms with Crippen LogP contribution in [0.3, 0.4) is 0 Å². The Hall–Kier alpha value is -1.44. The molecule has 3 aromatic rings. The van der Waals surface area contributed by atoms with Crippen LogP contribution in [0.4, 0.5) is 5.13 Å². The molecule has 0 bridgehead atoms. The minimum atomic E-state index is 0.0273. The maximum absolute atomic E-state index is 12.6. The molecule has 1 aliphatic heterocycles. The van der Waals surface area contributed by atoms with E-state index < -0.39 is 0 Å². The molecule has 0 radical (unpaired) electrons. The molecular formula is C18H18BrN3OS2. The summed E-state index contributed by atoms with van der Waals surface area (Å²) in [5, 5.41) is 6.15. The van der Waals surface area contributed by atoms with E-state index in [2.05, 4.69) is 32.2 Å². The largest absolute Gasteiger partial charge is 0.351 e. The van der Waals surface area contributed by atoms with Crippen LogP contribution in [-0.4, -0.2) is 24.0 Å². The van der Waals surface area contributed by atoms with E-state index in [-0.39, 0.29) is 11.8 Å². The Morgan fingerprint density at radius 1 is 1.36 bits per heavy atom. The summed E-state index contributed by atoms with van der Waals surface area (Å²) >= 11 is 6.88. The molecule has 1 fully saturated rings. The van der Waals surface area contributed by atoms with E-state index in [4.69, 9.17) is 4.98 Å². The number of anilines is 1. The van der Waals surface area contributed by atoms with Crippen molar-refractivity contribution >= 4 is 59.9 Å². The van der Waals surface area contributed by atoms with Gasteiger partial charge < -0.3 is 10.2 Å². The number of piperidine rings is 1. The smallest absolute Gasteiger partial charge is 0.225 e. The number of nitrogens with one attached hydrogen (secondary N) is 1. The minimum absolute atomic E-state index is 0.0273. The summed E-state index contributed by atoms with van der Waals surface area (Å²) in [6.07, 6.45) is 1.97. The summed E-state index contributed by atoms with van der Waals surface area (Å²) < 4.78 is 2.27. The lowest BCUT2D eigenvalue weighted by molar-refractivity contribution is -0.125. The maximum Gasteiger partial charge on any atom is 0.225 e. The number of para-hydroxylation sites is 1. The maximum atomic E-state index is 12.6. The standard InChI is InChI=1S/C18H18BrN3OS2/c19-13-7-9-24-16(13)10-20-17(23)12-4-3-8-22(11-12)18-21-14-5-1-2-6-15(14)25-18/h1-2,5-7,9,12H,3-4,8,10-11H2,(H,20,23)/t12-/m0/s1. The molecule has 3 heterocycles. The van der Waals surface area contributed by atoms with E-state index >= 15 is 0 Å². The van der Waals surface area contributed by atoms with Gasteiger partial charge in [-0.3, -0.25) is 4.79 Å². The van der Waals surface area contributed by atoms with E-state index in [1.165, 1.54) is 4.70 Å². The van der Waals surface area contributed by atoms with Gasteiger partial charge in [0.15, 0.2) is 5.13 Å². The number of benzene rings is 1. The number of halogens is 1. The molecule has 2 aromatic heterocycles. The number of nitrogens with zero attached hydrogens (tertiary/aromatic N) is 2. The second kappa shape index (κ2) is 7.43. The monoisotopic (exact) mass is 435 g/mol. The van der Waals surface area contributed by atoms with Gasteiger partial charge in [0.25, 0.3) is 0 Å². The van der Waals surface area contributed by atoms with Gasteiger partial charge in [0.2, 0.25) is 5.91 Å². The van der Waals surface area contributed by atoms with Crippen LogP contribution in [0, 0.1) is 5.92 Å². The SMILES string of the molecule is O=C(NCc1sccc1Br)[C@H]1CCCN(c2nc3ccccc3s2)C1. The van der Waals surface area contributed by atoms with Crippen molar-refractivity contribution in [1.29, 1.82) is 0 Å². The van der Waals surface area contributed by atoms with Gasteiger partial charge in [0.05, 0.1) is 22.7 Å². The zero-order valence-corrected chi connectivity index (χ0v) is 16.8. The lowest BCUT2D eigenvalue weighted by Gasteiger charge is -2.31. The van der Waals surface area contributed by atoms with Crippen molar-refractivity contribution in [2.45, 2.75) is 19.4 Å². The molecule has 0 aliphatic carbocycles. The summed E-state index contributed by atoms with van der Waals surface area (Å²) in [6.45, 7) is 2.31. The molecule has 130 valence electrons. The predicted molar refractivity (Wildman–Crippen MR) is 108 cm³/mol. The molecule has 0 saturated carbocycles. The van der Waals surface area contributed by atoms with Crippen LogP contribution < -0.4 is 10.2 Å². The zero-order valence-electron chi connectivity index (χ0n) is 13.6. The Balaban J connectivity index is 1.41. The van der Waals surface area contributed by atoms with E-state index in [0.717, 1.165) is 45.9 Å². The fourth-order valence-corrected chi connectivity index (χ4v) is 5.56. The Morgan fingerprint density at radius 3 is 3.04 bits per heavy atom. The fraction of sp³-hybridized carbons (Fsp3) is 0.333. The summed E-state index contributed by atoms with van der Waals surface area (Å²) in [5.74, 6) is 0.172. The quantitative estimate of drug-likeness (QED) is 0.648. The number of thiophene rings is 1. The molecule has 4 rings (SSSR count). The lowest BCUT2D eigenvalue weighted by Crippen LogP contribution is -2.42. The summed E-state index contributed by atoms with van der Waals surface area (Å²) in [4.78, 5) is 20.7. The fourth-order valence-electron chi connectivity index (χ4n) is 3.12. The van der Waals surface area contributed by atoms with E-state index in [9.17, 15) is 4.79 Å². The molecule has 1 saturated heterocycles. The average molecular weight is 436 g/mol. The van der Waals surface area contributed by atoms with E-state index in [0.29, 0.717) is 6.54 Å². The van der Waals surface area contributed by atoms with E-state index in [1.807, 2.05) is 29.6 Å². The van der Waals surface area contributed by atoms with Gasteiger partial charge >= 0.3 is 0 Å². The van der Waals surface area contributed by atoms with Gasteiger partial charge in [0.1, 0.15) is 0 Å². The van der Waals surface area contributed by atoms with Crippen molar-refractivity contribution in [3.8, 4) is 0 Å². The number of carbonyl (C=O) groups is 1. The van der Waals surface area contributed by atoms with Gasteiger partial charge in [-0.05, 0) is 52.4 Å². The average Bonchev–Trinajstić information content (AvgIpc) is 3.25. The first-order valence-corrected chi connectivity index (χ1v) is 10.8. The molecule has 25 heavy (non-hydrogen) atoms. The Labute approximate surface area is 163 Å². The van der Waals surface area contributed by atoms with Crippen molar-refractivity contribution in [2.24, 2.45) is 5.92 Å². The number of hydrogen-bond acceptors (Lipinski definition) is 5. The summed E-state index contributed by atoms with van der Waals surface area (Å²) in [6, 6.07) is 10.2. The van der Waals surface area contributed by atoms with Crippen LogP contribution in [0.1, 0.15) is 17.7 Å². The molecule has 0 spiro atoms. The van der Waals surface area contributed by atoms with Crippen LogP contribution in [0.15, 0.2) is 40.2 Å². The number of hydrogen-bond donors (Lipinski definition) is 1. The number of thiazole rings is 1. The number of aromatic nitrogens is 1. The van der Waals surface area contributed by atoms with Gasteiger partial charge in [-0.15, -0.1) is 11.3 Å². The second-order valence-corrected chi connectivity index (χ2v) is 9.02. The predicted octanol–water partition coefficient (Wildman–Crippen LogP) is 4.65. The number of carbonyl (C=O) groups excluding carboxylic acids is 1. The zero-order chi connectivity index (χ0) is 17.2. The molecule has 0 unspecified atom stereocenters. The third-order valence-corrected chi connectivity index (χ3v) is 7.48. The van der Waals surface area contributed by atoms with Gasteiger partial charge in [-0.2, -0.15) is 0 Å². The first-order valence-electron chi connectivity index (χ1n) is 8.31. The third-order valence-electron chi connectivity index (χ3n) is 4.46. The highest BCUT2D eigenvalue weighted by Crippen LogP contribution is 2.31. The number of fused-ring (bicyclic) bond motifs is 1. The highest BCUT2D eigenvalue weighted by molar-refractivity contribution is 9.10. The second-order valence-electron chi connectivity index (χ2n) is 6.16. The molecular weight excluding hydrogens is 418 g/mol. The van der Waals surface area contributed by atoms with Gasteiger partial charge in [0, 0.05) is 22.4 Å². The van der Waals surface area contributed by atoms with Crippen molar-refractivity contribution in [2.75, 3.05) is 18.0 Å². The molecule has 1 amide bonds. The van der Waals surface area contributed by atoms with Crippen LogP contribution in [-0.2, 0) is 11.3 Å². The number of rotatable bonds is 4. The molecule has 1 N–H and O–H groups in total. The molecule has 1 atom stereocenters. The first-order chi connectivity index (χ1) is 12.2. The molecule has 1 aromatic carbocycles. The lowest BCUT2D eigenvalue weighted by atomic mass is 9.97. The van der Waals surface area contributed by atoms with Crippen molar-refractivity contribution in [3.05, 3.63) is 45.1 Å². The Morgan fingerprint density at radius 2 is 2.24 bits per heavy atom. The van der Waals surface area contributed by atoms with Gasteiger partial charge in [-0.25, -0.2) is 4.98 Å². The highest BCUT2D eigenvalue weighted by Gasteiger charge is 2.27. The topological polar surface area (TPSA) is 45.2 Å². The van der Waals surface area contributed by atoms with Crippen molar-refractivity contribution in [3.63, 3.8) is 0 Å². The number of amides is 1. The normalized spacial score (nSPS) is 17.8. The van der Waals surface area contributed by atoms with Crippen LogP contribution in [0.2, 0.25) is 0 Å². The Kier molecular flexibility index (Phi) is 5.05. The van der Waals surface area contributed by atoms with Gasteiger partial charge in [-0.1, -0.05) is 23.5 Å². The van der Waals surface area contributed by atoms with Crippen LogP contribution in [0.5, 0.6) is 0 Å². The first kappa shape index (κ1) is 17.0. The summed E-state index contributed by atoms with van der Waals surface area (Å²) in [5.41, 5.74) is 1.04. The van der Waals surface area contributed by atoms with Crippen LogP contribution >= 0.6 is 38.6 Å². The summed E-state index contributed by atoms with van der Waals surface area (Å²) in [7, 11) is 0. The van der Waals surface area contributed by atoms with Crippen molar-refractivity contribution in [1.82, 2.24) is 10.3 Å². The van der Waals surface area contributed by atoms with E-state index in [1.54, 1.807) is 22.7 Å². The highest BCUT2D eigenvalue weighted by atomic mass is 79.9. The third kappa shape index (κ3) is 3.73.